The van der Waals surface area contributed by atoms with Crippen LogP contribution in [-0.4, -0.2) is 66.7 Å². The molecule has 6 nitrogen and oxygen atoms in total. The highest BCUT2D eigenvalue weighted by atomic mass is 32.2. The third-order valence-electron chi connectivity index (χ3n) is 4.88. The van der Waals surface area contributed by atoms with Gasteiger partial charge in [-0.3, -0.25) is 9.59 Å². The van der Waals surface area contributed by atoms with Gasteiger partial charge >= 0.3 is 0 Å². The molecule has 0 fully saturated rings. The van der Waals surface area contributed by atoms with Crippen LogP contribution in [0.5, 0.6) is 0 Å². The first-order valence-corrected chi connectivity index (χ1v) is 12.4. The van der Waals surface area contributed by atoms with Crippen molar-refractivity contribution in [3.63, 3.8) is 0 Å². The maximum atomic E-state index is 13.0. The summed E-state index contributed by atoms with van der Waals surface area (Å²) in [5, 5.41) is 42.2. The van der Waals surface area contributed by atoms with E-state index in [0.717, 1.165) is 10.6 Å². The Balaban J connectivity index is 2.16. The zero-order valence-corrected chi connectivity index (χ0v) is 19.8. The Labute approximate surface area is 197 Å². The minimum atomic E-state index is -2.67. The second-order valence-electron chi connectivity index (χ2n) is 7.31. The molecule has 8 heteroatoms. The summed E-state index contributed by atoms with van der Waals surface area (Å²) >= 11 is 2.23. The lowest BCUT2D eigenvalue weighted by Crippen LogP contribution is -2.55. The van der Waals surface area contributed by atoms with E-state index in [9.17, 15) is 30.0 Å². The van der Waals surface area contributed by atoms with Gasteiger partial charge in [0.1, 0.15) is 12.2 Å². The average molecular weight is 479 g/mol. The van der Waals surface area contributed by atoms with Crippen molar-refractivity contribution < 1.29 is 30.0 Å². The molecular weight excluding hydrogens is 448 g/mol. The largest absolute Gasteiger partial charge is 0.390 e. The van der Waals surface area contributed by atoms with E-state index >= 15 is 0 Å². The molecule has 2 unspecified atom stereocenters. The predicted molar refractivity (Wildman–Crippen MR) is 128 cm³/mol. The van der Waals surface area contributed by atoms with E-state index in [1.165, 1.54) is 0 Å². The van der Waals surface area contributed by atoms with Crippen LogP contribution in [0.3, 0.4) is 0 Å². The Hall–Kier alpha value is -1.68. The number of benzene rings is 2. The minimum Gasteiger partial charge on any atom is -0.390 e. The van der Waals surface area contributed by atoms with Crippen molar-refractivity contribution >= 4 is 35.1 Å². The van der Waals surface area contributed by atoms with Gasteiger partial charge in [0.2, 0.25) is 16.5 Å². The first-order chi connectivity index (χ1) is 15.2. The molecule has 32 heavy (non-hydrogen) atoms. The lowest BCUT2D eigenvalue weighted by atomic mass is 9.93. The summed E-state index contributed by atoms with van der Waals surface area (Å²) in [5.41, 5.74) is 1.37. The molecule has 0 bridgehead atoms. The minimum absolute atomic E-state index is 0.0285. The van der Waals surface area contributed by atoms with E-state index in [-0.39, 0.29) is 18.6 Å². The number of hydrogen-bond acceptors (Lipinski definition) is 8. The molecule has 0 heterocycles. The Kier molecular flexibility index (Phi) is 10.4. The normalized spacial score (nSPS) is 16.1. The first kappa shape index (κ1) is 26.6. The SMILES string of the molecule is CCSc1cccc(CC(O)C(=O)[C@](O)(SCC)C(=O)[C@H](O)C(O)Cc2ccccc2)c1. The molecule has 0 aliphatic rings. The van der Waals surface area contributed by atoms with E-state index in [4.69, 9.17) is 0 Å². The van der Waals surface area contributed by atoms with Crippen molar-refractivity contribution in [3.8, 4) is 0 Å². The van der Waals surface area contributed by atoms with Gasteiger partial charge in [-0.1, -0.05) is 56.3 Å². The summed E-state index contributed by atoms with van der Waals surface area (Å²) in [6, 6.07) is 16.1. The number of rotatable bonds is 13. The Bertz CT molecular complexity index is 891. The third kappa shape index (κ3) is 6.91. The van der Waals surface area contributed by atoms with Gasteiger partial charge in [-0.15, -0.1) is 23.5 Å². The number of Topliss-reactive ketones (excluding diaryl/α,β-unsaturated/α-hetero) is 2. The molecule has 2 aromatic carbocycles. The van der Waals surface area contributed by atoms with Crippen LogP contribution in [0, 0.1) is 0 Å². The smallest absolute Gasteiger partial charge is 0.234 e. The number of carbonyl (C=O) groups excluding carboxylic acids is 2. The van der Waals surface area contributed by atoms with E-state index < -0.39 is 34.8 Å². The fourth-order valence-electron chi connectivity index (χ4n) is 3.29. The highest BCUT2D eigenvalue weighted by Crippen LogP contribution is 2.29. The van der Waals surface area contributed by atoms with Gasteiger partial charge in [0.25, 0.3) is 0 Å². The van der Waals surface area contributed by atoms with Gasteiger partial charge in [-0.25, -0.2) is 0 Å². The Morgan fingerprint density at radius 1 is 0.875 bits per heavy atom. The number of aliphatic hydroxyl groups is 4. The molecule has 0 saturated carbocycles. The molecule has 0 spiro atoms. The third-order valence-corrected chi connectivity index (χ3v) is 6.87. The molecule has 2 rings (SSSR count). The second kappa shape index (κ2) is 12.5. The fourth-order valence-corrected chi connectivity index (χ4v) is 4.99. The number of carbonyl (C=O) groups is 2. The lowest BCUT2D eigenvalue weighted by molar-refractivity contribution is -0.154. The molecule has 0 amide bonds. The van der Waals surface area contributed by atoms with Crippen LogP contribution in [0.1, 0.15) is 25.0 Å². The molecule has 4 atom stereocenters. The van der Waals surface area contributed by atoms with Crippen LogP contribution in [0.4, 0.5) is 0 Å². The Morgan fingerprint density at radius 3 is 2.16 bits per heavy atom. The molecule has 2 aromatic rings. The number of ketones is 2. The van der Waals surface area contributed by atoms with E-state index in [0.29, 0.717) is 22.9 Å². The number of aliphatic hydroxyl groups excluding tert-OH is 3. The summed E-state index contributed by atoms with van der Waals surface area (Å²) in [6.07, 6.45) is -5.26. The van der Waals surface area contributed by atoms with Gasteiger partial charge in [-0.2, -0.15) is 0 Å². The highest BCUT2D eigenvalue weighted by Gasteiger charge is 2.50. The van der Waals surface area contributed by atoms with Gasteiger partial charge < -0.3 is 20.4 Å². The average Bonchev–Trinajstić information content (AvgIpc) is 2.78. The van der Waals surface area contributed by atoms with E-state index in [1.807, 2.05) is 25.1 Å². The predicted octanol–water partition coefficient (Wildman–Crippen LogP) is 2.25. The quantitative estimate of drug-likeness (QED) is 0.197. The van der Waals surface area contributed by atoms with Crippen LogP contribution in [0.15, 0.2) is 59.5 Å². The maximum absolute atomic E-state index is 13.0. The van der Waals surface area contributed by atoms with Crippen molar-refractivity contribution in [2.45, 2.75) is 54.8 Å². The Morgan fingerprint density at radius 2 is 1.53 bits per heavy atom. The van der Waals surface area contributed by atoms with E-state index in [1.54, 1.807) is 55.1 Å². The van der Waals surface area contributed by atoms with Crippen molar-refractivity contribution in [1.29, 1.82) is 0 Å². The van der Waals surface area contributed by atoms with Crippen LogP contribution in [0.2, 0.25) is 0 Å². The second-order valence-corrected chi connectivity index (χ2v) is 10.1. The number of hydrogen-bond donors (Lipinski definition) is 4. The van der Waals surface area contributed by atoms with Crippen LogP contribution in [-0.2, 0) is 22.4 Å². The monoisotopic (exact) mass is 478 g/mol. The molecule has 174 valence electrons. The van der Waals surface area contributed by atoms with Crippen molar-refractivity contribution in [1.82, 2.24) is 0 Å². The fraction of sp³-hybridized carbons (Fsp3) is 0.417. The molecular formula is C24H30O6S2. The van der Waals surface area contributed by atoms with E-state index in [2.05, 4.69) is 0 Å². The van der Waals surface area contributed by atoms with Crippen LogP contribution in [0.25, 0.3) is 0 Å². The topological polar surface area (TPSA) is 115 Å². The standard InChI is InChI=1S/C24H30O6S2/c1-3-31-18-12-8-11-17(13-18)15-20(26)22(28)24(30,32-4-2)23(29)21(27)19(25)14-16-9-6-5-7-10-16/h5-13,19-21,25-27,30H,3-4,14-15H2,1-2H3/t19?,20?,21-,24+/m1/s1. The number of thioether (sulfide) groups is 2. The van der Waals surface area contributed by atoms with Gasteiger partial charge in [0.15, 0.2) is 0 Å². The van der Waals surface area contributed by atoms with Gasteiger partial charge in [0, 0.05) is 17.7 Å². The molecule has 0 aliphatic carbocycles. The molecule has 0 aromatic heterocycles. The zero-order chi connectivity index (χ0) is 23.7. The van der Waals surface area contributed by atoms with Crippen molar-refractivity contribution in [2.24, 2.45) is 0 Å². The van der Waals surface area contributed by atoms with Crippen LogP contribution >= 0.6 is 23.5 Å². The summed E-state index contributed by atoms with van der Waals surface area (Å²) in [5.74, 6) is -1.28. The zero-order valence-electron chi connectivity index (χ0n) is 18.2. The summed E-state index contributed by atoms with van der Waals surface area (Å²) in [6.45, 7) is 3.65. The maximum Gasteiger partial charge on any atom is 0.234 e. The van der Waals surface area contributed by atoms with Crippen molar-refractivity contribution in [2.75, 3.05) is 11.5 Å². The summed E-state index contributed by atoms with van der Waals surface area (Å²) in [7, 11) is 0. The molecule has 0 aliphatic heterocycles. The van der Waals surface area contributed by atoms with Crippen LogP contribution < -0.4 is 0 Å². The molecule has 4 N–H and O–H groups in total. The molecule has 0 saturated heterocycles. The summed E-state index contributed by atoms with van der Waals surface area (Å²) < 4.78 is 0. The highest BCUT2D eigenvalue weighted by molar-refractivity contribution is 8.02. The summed E-state index contributed by atoms with van der Waals surface area (Å²) in [4.78, 5) is 24.2. The molecule has 0 radical (unpaired) electrons. The van der Waals surface area contributed by atoms with Gasteiger partial charge in [0.05, 0.1) is 6.10 Å². The lowest BCUT2D eigenvalue weighted by Gasteiger charge is -2.30. The first-order valence-electron chi connectivity index (χ1n) is 10.5. The van der Waals surface area contributed by atoms with Crippen molar-refractivity contribution in [3.05, 3.63) is 65.7 Å². The van der Waals surface area contributed by atoms with Gasteiger partial charge in [-0.05, 0) is 34.8 Å².